The smallest absolute Gasteiger partial charge is 0.306 e. The summed E-state index contributed by atoms with van der Waals surface area (Å²) in [5.41, 5.74) is 0. The SMILES string of the molecule is CC/C=C\C/C=C\C/C=C\C/C=C\C/C=C\C/C=C\C/C=C\C/C=C\C/C=C\C/C=C\CCCCCCCCC(=O)OC(COC(=O)CCCCCCCC/C=C\C/C=C\C/C=C\CCCCC)COP(=O)([O-])OCC[N+](C)(C)C. The van der Waals surface area contributed by atoms with Crippen LogP contribution in [-0.4, -0.2) is 70.0 Å². The van der Waals surface area contributed by atoms with Crippen LogP contribution in [0.15, 0.2) is 158 Å². The molecule has 0 aliphatic heterocycles. The number of likely N-dealkylation sites (N-methyl/N-ethyl adjacent to an activating group) is 1. The number of carbonyl (C=O) groups is 2. The molecular weight excluding hydrogens is 1010 g/mol. The van der Waals surface area contributed by atoms with Gasteiger partial charge >= 0.3 is 11.9 Å². The fourth-order valence-electron chi connectivity index (χ4n) is 7.75. The van der Waals surface area contributed by atoms with Crippen LogP contribution in [0.25, 0.3) is 0 Å². The number of carbonyl (C=O) groups excluding carboxylic acids is 2. The number of rotatable bonds is 55. The number of nitrogens with zero attached hydrogens (tertiary/aromatic N) is 1. The highest BCUT2D eigenvalue weighted by molar-refractivity contribution is 7.45. The Morgan fingerprint density at radius 1 is 0.400 bits per heavy atom. The summed E-state index contributed by atoms with van der Waals surface area (Å²) in [6, 6.07) is 0. The second kappa shape index (κ2) is 59.3. The molecule has 0 rings (SSSR count). The second-order valence-corrected chi connectivity index (χ2v) is 22.7. The summed E-state index contributed by atoms with van der Waals surface area (Å²) in [6.45, 7) is 4.04. The van der Waals surface area contributed by atoms with Gasteiger partial charge < -0.3 is 27.9 Å². The van der Waals surface area contributed by atoms with Gasteiger partial charge in [-0.1, -0.05) is 236 Å². The first-order valence-corrected chi connectivity index (χ1v) is 32.7. The number of allylic oxidation sites excluding steroid dienone is 26. The first-order valence-electron chi connectivity index (χ1n) is 31.2. The van der Waals surface area contributed by atoms with E-state index in [1.807, 2.05) is 21.1 Å². The maximum atomic E-state index is 12.8. The van der Waals surface area contributed by atoms with E-state index in [4.69, 9.17) is 18.5 Å². The molecule has 0 aromatic heterocycles. The maximum absolute atomic E-state index is 12.8. The Balaban J connectivity index is 4.22. The minimum absolute atomic E-state index is 0.0452. The Kier molecular flexibility index (Phi) is 56.0. The van der Waals surface area contributed by atoms with Crippen LogP contribution in [0, 0.1) is 0 Å². The summed E-state index contributed by atoms with van der Waals surface area (Å²) in [7, 11) is 1.12. The summed E-state index contributed by atoms with van der Waals surface area (Å²) in [6.07, 6.45) is 88.6. The van der Waals surface area contributed by atoms with Crippen LogP contribution in [-0.2, 0) is 32.7 Å². The minimum atomic E-state index is -4.66. The van der Waals surface area contributed by atoms with E-state index in [0.717, 1.165) is 154 Å². The Bertz CT molecular complexity index is 1900. The van der Waals surface area contributed by atoms with E-state index in [2.05, 4.69) is 172 Å². The van der Waals surface area contributed by atoms with Crippen LogP contribution in [0.2, 0.25) is 0 Å². The normalized spacial score (nSPS) is 14.3. The maximum Gasteiger partial charge on any atom is 0.306 e. The molecule has 0 bridgehead atoms. The Hall–Kier alpha value is -4.37. The molecule has 10 heteroatoms. The van der Waals surface area contributed by atoms with E-state index in [-0.39, 0.29) is 26.1 Å². The van der Waals surface area contributed by atoms with Crippen molar-refractivity contribution in [2.45, 2.75) is 225 Å². The minimum Gasteiger partial charge on any atom is -0.756 e. The molecule has 0 N–H and O–H groups in total. The monoisotopic (exact) mass is 1130 g/mol. The van der Waals surface area contributed by atoms with Gasteiger partial charge in [-0.25, -0.2) is 0 Å². The van der Waals surface area contributed by atoms with E-state index in [1.54, 1.807) is 0 Å². The average molecular weight is 1130 g/mol. The lowest BCUT2D eigenvalue weighted by atomic mass is 10.1. The highest BCUT2D eigenvalue weighted by Crippen LogP contribution is 2.38. The molecule has 0 fully saturated rings. The van der Waals surface area contributed by atoms with E-state index in [9.17, 15) is 19.0 Å². The van der Waals surface area contributed by atoms with E-state index in [0.29, 0.717) is 23.9 Å². The van der Waals surface area contributed by atoms with Crippen LogP contribution < -0.4 is 4.89 Å². The van der Waals surface area contributed by atoms with Crippen LogP contribution in [0.5, 0.6) is 0 Å². The first-order chi connectivity index (χ1) is 39.0. The van der Waals surface area contributed by atoms with Gasteiger partial charge in [-0.05, 0) is 128 Å². The van der Waals surface area contributed by atoms with Crippen molar-refractivity contribution in [3.63, 3.8) is 0 Å². The van der Waals surface area contributed by atoms with Crippen molar-refractivity contribution in [1.82, 2.24) is 0 Å². The molecule has 0 amide bonds. The predicted octanol–water partition coefficient (Wildman–Crippen LogP) is 19.4. The summed E-state index contributed by atoms with van der Waals surface area (Å²) in [5.74, 6) is -0.877. The first kappa shape index (κ1) is 75.6. The summed E-state index contributed by atoms with van der Waals surface area (Å²) < 4.78 is 34.1. The molecule has 9 nitrogen and oxygen atoms in total. The van der Waals surface area contributed by atoms with Crippen LogP contribution >= 0.6 is 7.82 Å². The van der Waals surface area contributed by atoms with Crippen LogP contribution in [0.1, 0.15) is 219 Å². The molecule has 0 aliphatic rings. The fraction of sp³-hybridized carbons (Fsp3) is 0.600. The molecule has 0 heterocycles. The van der Waals surface area contributed by atoms with Gasteiger partial charge in [-0.2, -0.15) is 0 Å². The number of hydrogen-bond acceptors (Lipinski definition) is 8. The zero-order valence-corrected chi connectivity index (χ0v) is 52.1. The van der Waals surface area contributed by atoms with Crippen molar-refractivity contribution >= 4 is 19.8 Å². The molecular formula is C70H114NO8P. The number of quaternary nitrogens is 1. The molecule has 0 radical (unpaired) electrons. The third-order valence-corrected chi connectivity index (χ3v) is 13.5. The summed E-state index contributed by atoms with van der Waals surface area (Å²) in [4.78, 5) is 37.9. The molecule has 2 atom stereocenters. The number of unbranched alkanes of at least 4 members (excludes halogenated alkanes) is 15. The number of phosphoric ester groups is 1. The van der Waals surface area contributed by atoms with Gasteiger partial charge in [-0.3, -0.25) is 14.2 Å². The standard InChI is InChI=1S/C70H114NO8P/c1-6-8-10-12-14-16-18-20-22-24-26-27-28-29-30-31-32-33-34-35-36-37-38-39-40-41-42-43-45-47-49-51-53-55-57-59-61-63-70(73)79-68(67-78-80(74,75)77-65-64-71(3,4)5)66-76-69(72)62-60-58-56-54-52-50-48-46-44-25-23-21-19-17-15-13-11-9-7-2/h8,10,14-17,20-23,26-27,29-30,32-33,35-36,38-39,41-42,44-47,68H,6-7,9,11-13,18-19,24-25,28,31,34,37,40,43,48-67H2,1-5H3/b10-8-,16-14-,17-15-,22-20-,23-21-,27-26-,30-29-,33-32-,36-35-,39-38-,42-41-,46-44-,47-45-. The van der Waals surface area contributed by atoms with E-state index >= 15 is 0 Å². The topological polar surface area (TPSA) is 111 Å². The third-order valence-electron chi connectivity index (χ3n) is 12.5. The van der Waals surface area contributed by atoms with Gasteiger partial charge in [0.25, 0.3) is 7.82 Å². The summed E-state index contributed by atoms with van der Waals surface area (Å²) in [5, 5.41) is 0. The molecule has 0 saturated heterocycles. The third kappa shape index (κ3) is 62.8. The van der Waals surface area contributed by atoms with Crippen molar-refractivity contribution in [2.24, 2.45) is 0 Å². The van der Waals surface area contributed by atoms with Gasteiger partial charge in [0.1, 0.15) is 19.8 Å². The zero-order chi connectivity index (χ0) is 58.4. The van der Waals surface area contributed by atoms with Crippen LogP contribution in [0.4, 0.5) is 0 Å². The van der Waals surface area contributed by atoms with Crippen molar-refractivity contribution in [2.75, 3.05) is 47.5 Å². The number of hydrogen-bond donors (Lipinski definition) is 0. The molecule has 0 saturated carbocycles. The second-order valence-electron chi connectivity index (χ2n) is 21.3. The molecule has 2 unspecified atom stereocenters. The lowest BCUT2D eigenvalue weighted by Gasteiger charge is -2.28. The quantitative estimate of drug-likeness (QED) is 0.0195. The van der Waals surface area contributed by atoms with Gasteiger partial charge in [-0.15, -0.1) is 0 Å². The zero-order valence-electron chi connectivity index (χ0n) is 51.2. The lowest BCUT2D eigenvalue weighted by Crippen LogP contribution is -2.37. The largest absolute Gasteiger partial charge is 0.756 e. The Morgan fingerprint density at radius 3 is 1.06 bits per heavy atom. The highest BCUT2D eigenvalue weighted by Gasteiger charge is 2.22. The molecule has 0 aromatic rings. The lowest BCUT2D eigenvalue weighted by molar-refractivity contribution is -0.870. The molecule has 0 aromatic carbocycles. The number of esters is 2. The molecule has 0 spiro atoms. The Morgan fingerprint density at radius 2 is 0.713 bits per heavy atom. The highest BCUT2D eigenvalue weighted by atomic mass is 31.2. The molecule has 80 heavy (non-hydrogen) atoms. The van der Waals surface area contributed by atoms with Crippen LogP contribution in [0.3, 0.4) is 0 Å². The van der Waals surface area contributed by atoms with E-state index < -0.39 is 32.5 Å². The summed E-state index contributed by atoms with van der Waals surface area (Å²) >= 11 is 0. The molecule has 452 valence electrons. The van der Waals surface area contributed by atoms with Crippen molar-refractivity contribution < 1.29 is 42.1 Å². The van der Waals surface area contributed by atoms with E-state index in [1.165, 1.54) is 25.7 Å². The number of ether oxygens (including phenoxy) is 2. The number of phosphoric acid groups is 1. The van der Waals surface area contributed by atoms with Gasteiger partial charge in [0.2, 0.25) is 0 Å². The van der Waals surface area contributed by atoms with Gasteiger partial charge in [0.05, 0.1) is 27.7 Å². The van der Waals surface area contributed by atoms with Crippen molar-refractivity contribution in [3.8, 4) is 0 Å². The van der Waals surface area contributed by atoms with Crippen molar-refractivity contribution in [3.05, 3.63) is 158 Å². The predicted molar refractivity (Wildman–Crippen MR) is 341 cm³/mol. The average Bonchev–Trinajstić information content (AvgIpc) is 3.42. The molecule has 0 aliphatic carbocycles. The Labute approximate surface area is 490 Å². The van der Waals surface area contributed by atoms with Crippen molar-refractivity contribution in [1.29, 1.82) is 0 Å². The fourth-order valence-corrected chi connectivity index (χ4v) is 8.48. The van der Waals surface area contributed by atoms with Gasteiger partial charge in [0, 0.05) is 12.8 Å². The van der Waals surface area contributed by atoms with Gasteiger partial charge in [0.15, 0.2) is 6.10 Å².